The zero-order valence-corrected chi connectivity index (χ0v) is 15.9. The number of fused-ring (bicyclic) bond motifs is 1. The molecule has 7 nitrogen and oxygen atoms in total. The zero-order chi connectivity index (χ0) is 20.4. The molecule has 1 saturated heterocycles. The molecular weight excluding hydrogens is 375 g/mol. The van der Waals surface area contributed by atoms with Gasteiger partial charge in [0.1, 0.15) is 17.4 Å². The number of aromatic nitrogens is 2. The number of para-hydroxylation sites is 1. The molecule has 0 amide bonds. The maximum Gasteiger partial charge on any atom is 0.312 e. The van der Waals surface area contributed by atoms with Crippen molar-refractivity contribution in [3.8, 4) is 17.1 Å². The molecule has 2 aromatic carbocycles. The van der Waals surface area contributed by atoms with E-state index < -0.39 is 5.82 Å². The molecule has 4 rings (SSSR count). The largest absolute Gasteiger partial charge is 0.507 e. The molecule has 8 heteroatoms. The number of phenols is 1. The van der Waals surface area contributed by atoms with Crippen molar-refractivity contribution < 1.29 is 19.0 Å². The molecule has 0 spiro atoms. The minimum atomic E-state index is -0.494. The van der Waals surface area contributed by atoms with Crippen molar-refractivity contribution in [1.82, 2.24) is 15.3 Å². The summed E-state index contributed by atoms with van der Waals surface area (Å²) in [5, 5.41) is 17.5. The molecule has 2 heterocycles. The highest BCUT2D eigenvalue weighted by atomic mass is 19.1. The van der Waals surface area contributed by atoms with Crippen LogP contribution in [0.4, 0.5) is 10.2 Å². The molecule has 0 saturated carbocycles. The van der Waals surface area contributed by atoms with Gasteiger partial charge in [0, 0.05) is 18.5 Å². The molecule has 3 N–H and O–H groups in total. The van der Waals surface area contributed by atoms with Crippen LogP contribution in [0.25, 0.3) is 22.3 Å². The highest BCUT2D eigenvalue weighted by Crippen LogP contribution is 2.31. The van der Waals surface area contributed by atoms with Gasteiger partial charge in [-0.3, -0.25) is 4.79 Å². The Kier molecular flexibility index (Phi) is 5.26. The van der Waals surface area contributed by atoms with Gasteiger partial charge in [0.2, 0.25) is 0 Å². The molecule has 150 valence electrons. The van der Waals surface area contributed by atoms with Gasteiger partial charge in [0.25, 0.3) is 0 Å². The van der Waals surface area contributed by atoms with Gasteiger partial charge in [-0.05, 0) is 37.3 Å². The van der Waals surface area contributed by atoms with E-state index in [0.717, 1.165) is 5.39 Å². The van der Waals surface area contributed by atoms with Gasteiger partial charge in [-0.25, -0.2) is 14.4 Å². The van der Waals surface area contributed by atoms with Gasteiger partial charge in [0.15, 0.2) is 5.82 Å². The molecule has 0 radical (unpaired) electrons. The van der Waals surface area contributed by atoms with Gasteiger partial charge in [-0.1, -0.05) is 12.1 Å². The second kappa shape index (κ2) is 8.00. The van der Waals surface area contributed by atoms with Crippen molar-refractivity contribution in [3.63, 3.8) is 0 Å². The monoisotopic (exact) mass is 396 g/mol. The first-order chi connectivity index (χ1) is 14.1. The lowest BCUT2D eigenvalue weighted by atomic mass is 10.0. The SMILES string of the molecule is CCOC(=O)[C@@H]1CNCC1Nc1nc(-c2cc(F)ccc2O)nc2ccccc12. The van der Waals surface area contributed by atoms with Gasteiger partial charge < -0.3 is 20.5 Å². The van der Waals surface area contributed by atoms with Crippen LogP contribution in [-0.4, -0.2) is 46.8 Å². The van der Waals surface area contributed by atoms with Crippen LogP contribution in [0.15, 0.2) is 42.5 Å². The van der Waals surface area contributed by atoms with Crippen molar-refractivity contribution in [1.29, 1.82) is 0 Å². The van der Waals surface area contributed by atoms with E-state index in [0.29, 0.717) is 31.0 Å². The van der Waals surface area contributed by atoms with Crippen LogP contribution in [0.5, 0.6) is 5.75 Å². The average Bonchev–Trinajstić information content (AvgIpc) is 3.18. The minimum Gasteiger partial charge on any atom is -0.507 e. The lowest BCUT2D eigenvalue weighted by molar-refractivity contribution is -0.147. The molecule has 2 atom stereocenters. The fourth-order valence-corrected chi connectivity index (χ4v) is 3.50. The van der Waals surface area contributed by atoms with Crippen LogP contribution in [0.3, 0.4) is 0 Å². The number of carbonyl (C=O) groups is 1. The van der Waals surface area contributed by atoms with Crippen LogP contribution in [0, 0.1) is 11.7 Å². The van der Waals surface area contributed by atoms with E-state index >= 15 is 0 Å². The first-order valence-electron chi connectivity index (χ1n) is 9.46. The van der Waals surface area contributed by atoms with E-state index in [2.05, 4.69) is 20.6 Å². The Bertz CT molecular complexity index is 1060. The smallest absolute Gasteiger partial charge is 0.312 e. The third-order valence-electron chi connectivity index (χ3n) is 4.93. The topological polar surface area (TPSA) is 96.4 Å². The van der Waals surface area contributed by atoms with E-state index in [1.807, 2.05) is 24.3 Å². The van der Waals surface area contributed by atoms with E-state index in [9.17, 15) is 14.3 Å². The summed E-state index contributed by atoms with van der Waals surface area (Å²) in [7, 11) is 0. The van der Waals surface area contributed by atoms with E-state index in [4.69, 9.17) is 4.74 Å². The summed E-state index contributed by atoms with van der Waals surface area (Å²) in [6.07, 6.45) is 0. The van der Waals surface area contributed by atoms with Crippen LogP contribution in [0.2, 0.25) is 0 Å². The van der Waals surface area contributed by atoms with Gasteiger partial charge in [0.05, 0.1) is 29.6 Å². The number of aromatic hydroxyl groups is 1. The number of benzene rings is 2. The predicted molar refractivity (Wildman–Crippen MR) is 107 cm³/mol. The molecule has 0 aliphatic carbocycles. The second-order valence-electron chi connectivity index (χ2n) is 6.84. The molecule has 3 aromatic rings. The van der Waals surface area contributed by atoms with E-state index in [-0.39, 0.29) is 35.1 Å². The van der Waals surface area contributed by atoms with Crippen LogP contribution in [0.1, 0.15) is 6.92 Å². The molecule has 1 aliphatic rings. The molecule has 0 bridgehead atoms. The maximum atomic E-state index is 13.7. The number of nitrogens with zero attached hydrogens (tertiary/aromatic N) is 2. The van der Waals surface area contributed by atoms with Crippen LogP contribution < -0.4 is 10.6 Å². The zero-order valence-electron chi connectivity index (χ0n) is 15.9. The summed E-state index contributed by atoms with van der Waals surface area (Å²) in [6.45, 7) is 3.18. The van der Waals surface area contributed by atoms with Crippen molar-refractivity contribution in [3.05, 3.63) is 48.3 Å². The minimum absolute atomic E-state index is 0.112. The maximum absolute atomic E-state index is 13.7. The Morgan fingerprint density at radius 1 is 1.28 bits per heavy atom. The van der Waals surface area contributed by atoms with E-state index in [1.54, 1.807) is 6.92 Å². The lowest BCUT2D eigenvalue weighted by Gasteiger charge is -2.20. The standard InChI is InChI=1S/C21H21FN4O3/c1-2-29-21(28)15-10-23-11-17(15)25-19-13-5-3-4-6-16(13)24-20(26-19)14-9-12(22)7-8-18(14)27/h3-9,15,17,23,27H,2,10-11H2,1H3,(H,24,25,26)/t15-,17?/m1/s1. The van der Waals surface area contributed by atoms with Gasteiger partial charge in [-0.15, -0.1) is 0 Å². The summed E-state index contributed by atoms with van der Waals surface area (Å²) in [5.41, 5.74) is 0.840. The summed E-state index contributed by atoms with van der Waals surface area (Å²) >= 11 is 0. The predicted octanol–water partition coefficient (Wildman–Crippen LogP) is 2.70. The fraction of sp³-hybridized carbons (Fsp3) is 0.286. The first-order valence-corrected chi connectivity index (χ1v) is 9.46. The Labute approximate surface area is 166 Å². The molecule has 29 heavy (non-hydrogen) atoms. The highest BCUT2D eigenvalue weighted by Gasteiger charge is 2.34. The lowest BCUT2D eigenvalue weighted by Crippen LogP contribution is -2.35. The van der Waals surface area contributed by atoms with Crippen molar-refractivity contribution in [2.24, 2.45) is 5.92 Å². The van der Waals surface area contributed by atoms with Crippen molar-refractivity contribution in [2.75, 3.05) is 25.0 Å². The number of hydrogen-bond acceptors (Lipinski definition) is 7. The van der Waals surface area contributed by atoms with E-state index in [1.165, 1.54) is 18.2 Å². The van der Waals surface area contributed by atoms with Gasteiger partial charge >= 0.3 is 5.97 Å². The molecular formula is C21H21FN4O3. The molecule has 1 fully saturated rings. The van der Waals surface area contributed by atoms with Crippen LogP contribution in [-0.2, 0) is 9.53 Å². The third kappa shape index (κ3) is 3.84. The summed E-state index contributed by atoms with van der Waals surface area (Å²) in [5.74, 6) is -0.517. The number of hydrogen-bond donors (Lipinski definition) is 3. The molecule has 1 unspecified atom stereocenters. The number of halogens is 1. The number of ether oxygens (including phenoxy) is 1. The van der Waals surface area contributed by atoms with Crippen molar-refractivity contribution in [2.45, 2.75) is 13.0 Å². The number of nitrogens with one attached hydrogen (secondary N) is 2. The average molecular weight is 396 g/mol. The number of esters is 1. The fourth-order valence-electron chi connectivity index (χ4n) is 3.50. The number of rotatable bonds is 5. The Hall–Kier alpha value is -3.26. The molecule has 1 aliphatic heterocycles. The van der Waals surface area contributed by atoms with Gasteiger partial charge in [-0.2, -0.15) is 0 Å². The summed E-state index contributed by atoms with van der Waals surface area (Å²) in [6, 6.07) is 10.8. The third-order valence-corrected chi connectivity index (χ3v) is 4.93. The first kappa shape index (κ1) is 19.1. The second-order valence-corrected chi connectivity index (χ2v) is 6.84. The quantitative estimate of drug-likeness (QED) is 0.571. The van der Waals surface area contributed by atoms with Crippen molar-refractivity contribution >= 4 is 22.7 Å². The Balaban J connectivity index is 1.75. The Morgan fingerprint density at radius 2 is 2.10 bits per heavy atom. The molecule has 1 aromatic heterocycles. The number of carbonyl (C=O) groups excluding carboxylic acids is 1. The highest BCUT2D eigenvalue weighted by molar-refractivity contribution is 5.91. The number of phenolic OH excluding ortho intramolecular Hbond substituents is 1. The summed E-state index contributed by atoms with van der Waals surface area (Å²) < 4.78 is 18.9. The normalized spacial score (nSPS) is 18.7. The van der Waals surface area contributed by atoms with Crippen LogP contribution >= 0.6 is 0 Å². The summed E-state index contributed by atoms with van der Waals surface area (Å²) in [4.78, 5) is 21.3. The Morgan fingerprint density at radius 3 is 2.93 bits per heavy atom. The number of anilines is 1.